The molecule has 0 fully saturated rings. The molecule has 7 nitrogen and oxygen atoms in total. The molecule has 0 radical (unpaired) electrons. The van der Waals surface area contributed by atoms with Gasteiger partial charge < -0.3 is 4.98 Å². The summed E-state index contributed by atoms with van der Waals surface area (Å²) in [5.41, 5.74) is 7.33. The second-order valence-electron chi connectivity index (χ2n) is 6.90. The number of para-hydroxylation sites is 2. The molecule has 0 aliphatic carbocycles. The Bertz CT molecular complexity index is 1370. The fourth-order valence-electron chi connectivity index (χ4n) is 3.40. The number of fused-ring (bicyclic) bond motifs is 1. The molecule has 5 aromatic rings. The number of amides is 1. The predicted octanol–water partition coefficient (Wildman–Crippen LogP) is 4.18. The number of nitrogens with one attached hydrogen (secondary N) is 2. The minimum Gasteiger partial charge on any atom is -0.360 e. The van der Waals surface area contributed by atoms with Crippen molar-refractivity contribution in [3.8, 4) is 16.9 Å². The zero-order valence-corrected chi connectivity index (χ0v) is 16.4. The fourth-order valence-corrected chi connectivity index (χ4v) is 3.40. The molecule has 2 N–H and O–H groups in total. The van der Waals surface area contributed by atoms with Gasteiger partial charge in [-0.15, -0.1) is 0 Å². The monoisotopic (exact) mass is 406 g/mol. The van der Waals surface area contributed by atoms with Crippen molar-refractivity contribution in [1.82, 2.24) is 25.2 Å². The van der Waals surface area contributed by atoms with Gasteiger partial charge in [-0.3, -0.25) is 9.78 Å². The van der Waals surface area contributed by atoms with Gasteiger partial charge in [0.05, 0.1) is 17.5 Å². The summed E-state index contributed by atoms with van der Waals surface area (Å²) in [7, 11) is 0. The molecule has 3 aromatic heterocycles. The average molecular weight is 406 g/mol. The Kier molecular flexibility index (Phi) is 4.82. The lowest BCUT2D eigenvalue weighted by Gasteiger charge is -2.00. The maximum absolute atomic E-state index is 12.6. The first-order valence-corrected chi connectivity index (χ1v) is 9.74. The van der Waals surface area contributed by atoms with E-state index in [-0.39, 0.29) is 5.91 Å². The van der Waals surface area contributed by atoms with Gasteiger partial charge in [-0.05, 0) is 30.3 Å². The number of pyridine rings is 1. The minimum atomic E-state index is -0.285. The number of carbonyl (C=O) groups excluding carboxylic acids is 1. The van der Waals surface area contributed by atoms with E-state index in [0.29, 0.717) is 5.56 Å². The standard InChI is InChI=1S/C24H18N6O/c31-24(21-15-26-22-11-5-4-10-20(21)22)28-27-14-18-16-30(19-8-2-1-3-9-19)29-23(18)17-7-6-12-25-13-17/h1-16,26H,(H,28,31)/b27-14+. The maximum Gasteiger partial charge on any atom is 0.273 e. The van der Waals surface area contributed by atoms with Gasteiger partial charge in [0.2, 0.25) is 0 Å². The Hall–Kier alpha value is -4.52. The number of H-pyrrole nitrogens is 1. The molecule has 0 unspecified atom stereocenters. The molecule has 150 valence electrons. The van der Waals surface area contributed by atoms with Crippen molar-refractivity contribution in [2.45, 2.75) is 0 Å². The summed E-state index contributed by atoms with van der Waals surface area (Å²) in [5, 5.41) is 9.74. The highest BCUT2D eigenvalue weighted by Gasteiger charge is 2.13. The van der Waals surface area contributed by atoms with Crippen LogP contribution in [0.5, 0.6) is 0 Å². The molecular formula is C24H18N6O. The third-order valence-corrected chi connectivity index (χ3v) is 4.90. The number of benzene rings is 2. The number of aromatic amines is 1. The van der Waals surface area contributed by atoms with Crippen LogP contribution in [-0.2, 0) is 0 Å². The molecule has 1 amide bonds. The Morgan fingerprint density at radius 1 is 1.03 bits per heavy atom. The quantitative estimate of drug-likeness (QED) is 0.339. The molecule has 0 spiro atoms. The van der Waals surface area contributed by atoms with Gasteiger partial charge in [0.15, 0.2) is 0 Å². The first-order chi connectivity index (χ1) is 15.3. The van der Waals surface area contributed by atoms with Crippen LogP contribution in [0.25, 0.3) is 27.8 Å². The lowest BCUT2D eigenvalue weighted by Crippen LogP contribution is -2.17. The van der Waals surface area contributed by atoms with Crippen molar-refractivity contribution < 1.29 is 4.79 Å². The Balaban J connectivity index is 1.44. The van der Waals surface area contributed by atoms with Crippen LogP contribution < -0.4 is 5.43 Å². The average Bonchev–Trinajstić information content (AvgIpc) is 3.45. The van der Waals surface area contributed by atoms with E-state index in [2.05, 4.69) is 20.5 Å². The first kappa shape index (κ1) is 18.5. The van der Waals surface area contributed by atoms with Crippen LogP contribution in [0.2, 0.25) is 0 Å². The molecule has 0 aliphatic rings. The van der Waals surface area contributed by atoms with Crippen molar-refractivity contribution in [1.29, 1.82) is 0 Å². The Morgan fingerprint density at radius 2 is 1.87 bits per heavy atom. The number of hydrogen-bond donors (Lipinski definition) is 2. The lowest BCUT2D eigenvalue weighted by molar-refractivity contribution is 0.0957. The lowest BCUT2D eigenvalue weighted by atomic mass is 10.1. The van der Waals surface area contributed by atoms with Crippen LogP contribution in [0.4, 0.5) is 0 Å². The second-order valence-corrected chi connectivity index (χ2v) is 6.90. The van der Waals surface area contributed by atoms with Crippen LogP contribution in [0, 0.1) is 0 Å². The number of nitrogens with zero attached hydrogens (tertiary/aromatic N) is 4. The Labute approximate surface area is 178 Å². The van der Waals surface area contributed by atoms with E-state index in [4.69, 9.17) is 5.10 Å². The van der Waals surface area contributed by atoms with Crippen LogP contribution in [0.3, 0.4) is 0 Å². The fraction of sp³-hybridized carbons (Fsp3) is 0. The van der Waals surface area contributed by atoms with E-state index >= 15 is 0 Å². The van der Waals surface area contributed by atoms with Gasteiger partial charge in [-0.25, -0.2) is 10.1 Å². The van der Waals surface area contributed by atoms with E-state index < -0.39 is 0 Å². The van der Waals surface area contributed by atoms with E-state index in [9.17, 15) is 4.79 Å². The SMILES string of the molecule is O=C(N/N=C/c1cn(-c2ccccc2)nc1-c1cccnc1)c1c[nH]c2ccccc12. The zero-order chi connectivity index (χ0) is 21.0. The molecule has 31 heavy (non-hydrogen) atoms. The molecule has 0 bridgehead atoms. The molecule has 7 heteroatoms. The van der Waals surface area contributed by atoms with Crippen molar-refractivity contribution >= 4 is 23.0 Å². The normalized spacial score (nSPS) is 11.2. The highest BCUT2D eigenvalue weighted by atomic mass is 16.2. The number of hydrogen-bond acceptors (Lipinski definition) is 4. The molecule has 3 heterocycles. The van der Waals surface area contributed by atoms with Gasteiger partial charge in [0.1, 0.15) is 5.69 Å². The van der Waals surface area contributed by atoms with Gasteiger partial charge in [0, 0.05) is 46.8 Å². The van der Waals surface area contributed by atoms with Gasteiger partial charge in [-0.1, -0.05) is 36.4 Å². The summed E-state index contributed by atoms with van der Waals surface area (Å²) in [4.78, 5) is 19.9. The third-order valence-electron chi connectivity index (χ3n) is 4.90. The molecule has 0 aliphatic heterocycles. The van der Waals surface area contributed by atoms with Gasteiger partial charge in [-0.2, -0.15) is 10.2 Å². The van der Waals surface area contributed by atoms with Crippen LogP contribution in [-0.4, -0.2) is 31.9 Å². The number of aromatic nitrogens is 4. The predicted molar refractivity (Wildman–Crippen MR) is 120 cm³/mol. The summed E-state index contributed by atoms with van der Waals surface area (Å²) < 4.78 is 1.78. The Morgan fingerprint density at radius 3 is 2.71 bits per heavy atom. The van der Waals surface area contributed by atoms with Crippen LogP contribution in [0.1, 0.15) is 15.9 Å². The van der Waals surface area contributed by atoms with E-state index in [0.717, 1.165) is 33.4 Å². The third kappa shape index (κ3) is 3.72. The van der Waals surface area contributed by atoms with Crippen molar-refractivity contribution in [3.63, 3.8) is 0 Å². The molecular weight excluding hydrogens is 388 g/mol. The molecule has 0 saturated carbocycles. The maximum atomic E-state index is 12.6. The number of rotatable bonds is 5. The van der Waals surface area contributed by atoms with Crippen LogP contribution in [0.15, 0.2) is 96.6 Å². The molecule has 0 saturated heterocycles. The summed E-state index contributed by atoms with van der Waals surface area (Å²) in [5.74, 6) is -0.285. The summed E-state index contributed by atoms with van der Waals surface area (Å²) >= 11 is 0. The first-order valence-electron chi connectivity index (χ1n) is 9.74. The zero-order valence-electron chi connectivity index (χ0n) is 16.4. The molecule has 0 atom stereocenters. The largest absolute Gasteiger partial charge is 0.360 e. The summed E-state index contributed by atoms with van der Waals surface area (Å²) in [6, 6.07) is 21.2. The van der Waals surface area contributed by atoms with E-state index in [1.165, 1.54) is 0 Å². The van der Waals surface area contributed by atoms with E-state index in [1.54, 1.807) is 29.5 Å². The van der Waals surface area contributed by atoms with E-state index in [1.807, 2.05) is 72.9 Å². The van der Waals surface area contributed by atoms with Crippen molar-refractivity contribution in [2.24, 2.45) is 5.10 Å². The van der Waals surface area contributed by atoms with Gasteiger partial charge >= 0.3 is 0 Å². The second kappa shape index (κ2) is 8.08. The summed E-state index contributed by atoms with van der Waals surface area (Å²) in [6.07, 6.45) is 8.62. The van der Waals surface area contributed by atoms with Crippen molar-refractivity contribution in [3.05, 3.63) is 103 Å². The van der Waals surface area contributed by atoms with Crippen LogP contribution >= 0.6 is 0 Å². The highest BCUT2D eigenvalue weighted by Crippen LogP contribution is 2.22. The number of carbonyl (C=O) groups is 1. The summed E-state index contributed by atoms with van der Waals surface area (Å²) in [6.45, 7) is 0. The number of hydrazone groups is 1. The van der Waals surface area contributed by atoms with Crippen molar-refractivity contribution in [2.75, 3.05) is 0 Å². The minimum absolute atomic E-state index is 0.285. The molecule has 5 rings (SSSR count). The topological polar surface area (TPSA) is 88.0 Å². The van der Waals surface area contributed by atoms with Gasteiger partial charge in [0.25, 0.3) is 5.91 Å². The molecule has 2 aromatic carbocycles. The highest BCUT2D eigenvalue weighted by molar-refractivity contribution is 6.06. The smallest absolute Gasteiger partial charge is 0.273 e.